The number of fused-ring (bicyclic) bond motifs is 2. The molecule has 0 aliphatic carbocycles. The Kier molecular flexibility index (Phi) is 3.06. The minimum absolute atomic E-state index is 0.273. The van der Waals surface area contributed by atoms with Crippen LogP contribution in [0.5, 0.6) is 0 Å². The van der Waals surface area contributed by atoms with Crippen LogP contribution < -0.4 is 0 Å². The van der Waals surface area contributed by atoms with Crippen LogP contribution in [0.3, 0.4) is 0 Å². The molecule has 3 heterocycles. The highest BCUT2D eigenvalue weighted by atomic mass is 19.1. The van der Waals surface area contributed by atoms with E-state index in [1.807, 2.05) is 36.4 Å². The first-order valence-corrected chi connectivity index (χ1v) is 8.30. The number of aromatic nitrogens is 3. The summed E-state index contributed by atoms with van der Waals surface area (Å²) in [5.74, 6) is -0.546. The molecule has 2 N–H and O–H groups in total. The first-order valence-electron chi connectivity index (χ1n) is 8.30. The second-order valence-electron chi connectivity index (χ2n) is 6.54. The smallest absolute Gasteiger partial charge is 0.123 e. The summed E-state index contributed by atoms with van der Waals surface area (Å²) >= 11 is 0. The first-order chi connectivity index (χ1) is 12.6. The summed E-state index contributed by atoms with van der Waals surface area (Å²) in [5, 5.41) is 1.65. The molecule has 3 aromatic heterocycles. The largest absolute Gasteiger partial charge is 0.361 e. The summed E-state index contributed by atoms with van der Waals surface area (Å²) in [5.41, 5.74) is 5.52. The number of hydrogen-bond acceptors (Lipinski definition) is 0. The minimum Gasteiger partial charge on any atom is -0.361 e. The Morgan fingerprint density at radius 2 is 1.15 bits per heavy atom. The molecule has 5 rings (SSSR count). The molecule has 0 aliphatic heterocycles. The lowest BCUT2D eigenvalue weighted by molar-refractivity contribution is 0.629. The topological polar surface area (TPSA) is 36.5 Å². The Balaban J connectivity index is 1.79. The third-order valence-corrected chi connectivity index (χ3v) is 4.82. The highest BCUT2D eigenvalue weighted by molar-refractivity contribution is 6.04. The number of nitrogens with one attached hydrogen (secondary N) is 2. The number of benzene rings is 2. The summed E-state index contributed by atoms with van der Waals surface area (Å²) in [6, 6.07) is 9.42. The maximum atomic E-state index is 13.8. The van der Waals surface area contributed by atoms with Crippen LogP contribution >= 0.6 is 0 Å². The van der Waals surface area contributed by atoms with Crippen LogP contribution in [0.25, 0.3) is 44.1 Å². The van der Waals surface area contributed by atoms with Crippen LogP contribution in [-0.4, -0.2) is 14.5 Å². The zero-order valence-electron chi connectivity index (χ0n) is 14.0. The second-order valence-corrected chi connectivity index (χ2v) is 6.54. The molecule has 0 fully saturated rings. The van der Waals surface area contributed by atoms with Crippen LogP contribution in [-0.2, 0) is 7.05 Å². The van der Waals surface area contributed by atoms with Gasteiger partial charge in [0.25, 0.3) is 0 Å². The molecule has 0 bridgehead atoms. The summed E-state index contributed by atoms with van der Waals surface area (Å²) in [6.45, 7) is 0. The first kappa shape index (κ1) is 15.0. The molecule has 5 heteroatoms. The monoisotopic (exact) mass is 347 g/mol. The van der Waals surface area contributed by atoms with Crippen LogP contribution in [0.15, 0.2) is 61.2 Å². The van der Waals surface area contributed by atoms with Gasteiger partial charge in [-0.15, -0.1) is 0 Å². The van der Waals surface area contributed by atoms with E-state index in [9.17, 15) is 8.78 Å². The van der Waals surface area contributed by atoms with Crippen LogP contribution in [0.4, 0.5) is 8.78 Å². The zero-order chi connectivity index (χ0) is 17.8. The number of aromatic amines is 2. The third-order valence-electron chi connectivity index (χ3n) is 4.82. The molecule has 0 saturated heterocycles. The fourth-order valence-electron chi connectivity index (χ4n) is 3.64. The Bertz CT molecular complexity index is 1180. The number of hydrogen-bond donors (Lipinski definition) is 2. The van der Waals surface area contributed by atoms with E-state index in [0.717, 1.165) is 44.1 Å². The van der Waals surface area contributed by atoms with Gasteiger partial charge in [0.1, 0.15) is 11.6 Å². The van der Waals surface area contributed by atoms with E-state index in [0.29, 0.717) is 0 Å². The summed E-state index contributed by atoms with van der Waals surface area (Å²) in [4.78, 5) is 6.40. The number of rotatable bonds is 2. The molecule has 3 nitrogen and oxygen atoms in total. The molecule has 5 aromatic rings. The fourth-order valence-corrected chi connectivity index (χ4v) is 3.64. The van der Waals surface area contributed by atoms with Gasteiger partial charge in [-0.25, -0.2) is 8.78 Å². The standard InChI is InChI=1S/C21H15F2N3/c1-26-10-18(16-8-24-20-4-2-12(22)6-14(16)20)19(11-26)17-9-25-21-5-3-13(23)7-15(17)21/h2-11,24-25H,1H3. The molecule has 0 unspecified atom stereocenters. The molecule has 0 spiro atoms. The van der Waals surface area contributed by atoms with Crippen molar-refractivity contribution in [1.29, 1.82) is 0 Å². The molecule has 0 saturated carbocycles. The van der Waals surface area contributed by atoms with Crippen LogP contribution in [0.1, 0.15) is 0 Å². The quantitative estimate of drug-likeness (QED) is 0.417. The molecule has 128 valence electrons. The second kappa shape index (κ2) is 5.33. The van der Waals surface area contributed by atoms with E-state index in [1.165, 1.54) is 24.3 Å². The number of nitrogens with zero attached hydrogens (tertiary/aromatic N) is 1. The van der Waals surface area contributed by atoms with Crippen LogP contribution in [0.2, 0.25) is 0 Å². The highest BCUT2D eigenvalue weighted by Crippen LogP contribution is 2.39. The van der Waals surface area contributed by atoms with Crippen LogP contribution in [0, 0.1) is 11.6 Å². The molecule has 2 aromatic carbocycles. The third kappa shape index (κ3) is 2.17. The Morgan fingerprint density at radius 3 is 1.62 bits per heavy atom. The van der Waals surface area contributed by atoms with Gasteiger partial charge in [0, 0.05) is 75.9 Å². The van der Waals surface area contributed by atoms with E-state index >= 15 is 0 Å². The molecule has 0 amide bonds. The van der Waals surface area contributed by atoms with E-state index in [4.69, 9.17) is 0 Å². The van der Waals surface area contributed by atoms with E-state index in [2.05, 4.69) is 9.97 Å². The maximum Gasteiger partial charge on any atom is 0.123 e. The van der Waals surface area contributed by atoms with Crippen molar-refractivity contribution in [3.8, 4) is 22.3 Å². The fraction of sp³-hybridized carbons (Fsp3) is 0.0476. The highest BCUT2D eigenvalue weighted by Gasteiger charge is 2.17. The van der Waals surface area contributed by atoms with Gasteiger partial charge in [-0.3, -0.25) is 0 Å². The van der Waals surface area contributed by atoms with E-state index in [1.54, 1.807) is 12.1 Å². The SMILES string of the molecule is Cn1cc(-c2c[nH]c3ccc(F)cc23)c(-c2c[nH]c3ccc(F)cc23)c1. The van der Waals surface area contributed by atoms with Crippen molar-refractivity contribution in [3.05, 3.63) is 72.8 Å². The molecule has 26 heavy (non-hydrogen) atoms. The van der Waals surface area contributed by atoms with Gasteiger partial charge in [-0.1, -0.05) is 0 Å². The molecule has 0 atom stereocenters. The van der Waals surface area contributed by atoms with Crippen molar-refractivity contribution in [3.63, 3.8) is 0 Å². The zero-order valence-corrected chi connectivity index (χ0v) is 14.0. The van der Waals surface area contributed by atoms with Gasteiger partial charge in [-0.2, -0.15) is 0 Å². The molecule has 0 aliphatic rings. The molecular weight excluding hydrogens is 332 g/mol. The van der Waals surface area contributed by atoms with Gasteiger partial charge in [-0.05, 0) is 36.4 Å². The van der Waals surface area contributed by atoms with Gasteiger partial charge in [0.05, 0.1) is 0 Å². The van der Waals surface area contributed by atoms with Gasteiger partial charge >= 0.3 is 0 Å². The average Bonchev–Trinajstić information content (AvgIpc) is 3.30. The van der Waals surface area contributed by atoms with Crippen molar-refractivity contribution in [2.45, 2.75) is 0 Å². The Labute approximate surface area is 147 Å². The number of H-pyrrole nitrogens is 2. The number of halogens is 2. The lowest BCUT2D eigenvalue weighted by Crippen LogP contribution is -1.80. The Hall–Kier alpha value is -3.34. The molecular formula is C21H15F2N3. The lowest BCUT2D eigenvalue weighted by atomic mass is 9.98. The minimum atomic E-state index is -0.273. The molecule has 0 radical (unpaired) electrons. The normalized spacial score (nSPS) is 11.7. The lowest BCUT2D eigenvalue weighted by Gasteiger charge is -2.03. The van der Waals surface area contributed by atoms with Crippen molar-refractivity contribution in [1.82, 2.24) is 14.5 Å². The predicted octanol–water partition coefficient (Wildman–Crippen LogP) is 5.60. The predicted molar refractivity (Wildman–Crippen MR) is 99.9 cm³/mol. The van der Waals surface area contributed by atoms with Gasteiger partial charge < -0.3 is 14.5 Å². The maximum absolute atomic E-state index is 13.8. The summed E-state index contributed by atoms with van der Waals surface area (Å²) in [6.07, 6.45) is 7.78. The van der Waals surface area contributed by atoms with Gasteiger partial charge in [0.15, 0.2) is 0 Å². The van der Waals surface area contributed by atoms with Crippen molar-refractivity contribution >= 4 is 21.8 Å². The summed E-state index contributed by atoms with van der Waals surface area (Å²) < 4.78 is 29.5. The number of aryl methyl sites for hydroxylation is 1. The van der Waals surface area contributed by atoms with E-state index < -0.39 is 0 Å². The van der Waals surface area contributed by atoms with Crippen molar-refractivity contribution in [2.75, 3.05) is 0 Å². The van der Waals surface area contributed by atoms with Crippen molar-refractivity contribution < 1.29 is 8.78 Å². The van der Waals surface area contributed by atoms with Crippen molar-refractivity contribution in [2.24, 2.45) is 7.05 Å². The Morgan fingerprint density at radius 1 is 0.692 bits per heavy atom. The summed E-state index contributed by atoms with van der Waals surface area (Å²) in [7, 11) is 1.94. The average molecular weight is 347 g/mol. The van der Waals surface area contributed by atoms with Gasteiger partial charge in [0.2, 0.25) is 0 Å². The van der Waals surface area contributed by atoms with E-state index in [-0.39, 0.29) is 11.6 Å².